The molecular formula is C7H13N4O. The SMILES string of the molecule is [O]CCCCCCc1nnn[nH]1. The minimum absolute atomic E-state index is 0.0455. The Morgan fingerprint density at radius 3 is 2.67 bits per heavy atom. The third-order valence-corrected chi connectivity index (χ3v) is 1.70. The molecule has 5 heteroatoms. The molecule has 0 fully saturated rings. The van der Waals surface area contributed by atoms with Gasteiger partial charge in [-0.2, -0.15) is 0 Å². The van der Waals surface area contributed by atoms with Crippen LogP contribution >= 0.6 is 0 Å². The molecule has 0 saturated heterocycles. The van der Waals surface area contributed by atoms with Gasteiger partial charge < -0.3 is 0 Å². The molecule has 1 aromatic rings. The molecule has 0 aliphatic heterocycles. The van der Waals surface area contributed by atoms with Gasteiger partial charge in [0.05, 0.1) is 6.61 Å². The fraction of sp³-hybridized carbons (Fsp3) is 0.857. The Morgan fingerprint density at radius 1 is 1.17 bits per heavy atom. The van der Waals surface area contributed by atoms with Gasteiger partial charge in [0, 0.05) is 6.42 Å². The molecule has 0 saturated carbocycles. The van der Waals surface area contributed by atoms with E-state index in [0.717, 1.165) is 37.9 Å². The fourth-order valence-electron chi connectivity index (χ4n) is 1.03. The lowest BCUT2D eigenvalue weighted by molar-refractivity contribution is 0.186. The lowest BCUT2D eigenvalue weighted by atomic mass is 10.1. The second kappa shape index (κ2) is 5.65. The van der Waals surface area contributed by atoms with Crippen LogP contribution < -0.4 is 0 Å². The monoisotopic (exact) mass is 169 g/mol. The average molecular weight is 169 g/mol. The van der Waals surface area contributed by atoms with E-state index in [-0.39, 0.29) is 6.61 Å². The highest BCUT2D eigenvalue weighted by molar-refractivity contribution is 4.74. The van der Waals surface area contributed by atoms with Crippen LogP contribution in [-0.2, 0) is 11.5 Å². The fourth-order valence-corrected chi connectivity index (χ4v) is 1.03. The number of tetrazole rings is 1. The van der Waals surface area contributed by atoms with Crippen LogP contribution in [0.3, 0.4) is 0 Å². The zero-order chi connectivity index (χ0) is 8.65. The van der Waals surface area contributed by atoms with Crippen LogP contribution in [0, 0.1) is 0 Å². The van der Waals surface area contributed by atoms with Crippen LogP contribution in [0.4, 0.5) is 0 Å². The predicted molar refractivity (Wildman–Crippen MR) is 41.9 cm³/mol. The number of unbranched alkanes of at least 4 members (excludes halogenated alkanes) is 3. The molecule has 12 heavy (non-hydrogen) atoms. The number of aromatic amines is 1. The van der Waals surface area contributed by atoms with E-state index in [0.29, 0.717) is 0 Å². The first-order valence-corrected chi connectivity index (χ1v) is 4.24. The molecule has 1 rings (SSSR count). The quantitative estimate of drug-likeness (QED) is 0.638. The summed E-state index contributed by atoms with van der Waals surface area (Å²) in [5.41, 5.74) is 0. The van der Waals surface area contributed by atoms with Crippen LogP contribution in [0.15, 0.2) is 0 Å². The molecule has 1 radical (unpaired) electrons. The summed E-state index contributed by atoms with van der Waals surface area (Å²) in [6, 6.07) is 0. The molecule has 0 aromatic carbocycles. The van der Waals surface area contributed by atoms with Crippen molar-refractivity contribution in [3.63, 3.8) is 0 Å². The summed E-state index contributed by atoms with van der Waals surface area (Å²) in [6.45, 7) is 0.0455. The molecule has 0 spiro atoms. The van der Waals surface area contributed by atoms with Crippen LogP contribution in [-0.4, -0.2) is 27.2 Å². The predicted octanol–water partition coefficient (Wildman–Crippen LogP) is 0.733. The van der Waals surface area contributed by atoms with Crippen LogP contribution in [0.5, 0.6) is 0 Å². The number of aromatic nitrogens is 4. The van der Waals surface area contributed by atoms with Crippen molar-refractivity contribution in [3.05, 3.63) is 5.82 Å². The van der Waals surface area contributed by atoms with Crippen molar-refractivity contribution in [2.75, 3.05) is 6.61 Å². The zero-order valence-electron chi connectivity index (χ0n) is 6.99. The Kier molecular flexibility index (Phi) is 4.30. The molecule has 1 heterocycles. The molecule has 1 aromatic heterocycles. The topological polar surface area (TPSA) is 74.4 Å². The summed E-state index contributed by atoms with van der Waals surface area (Å²) < 4.78 is 0. The lowest BCUT2D eigenvalue weighted by Crippen LogP contribution is -1.89. The van der Waals surface area contributed by atoms with Gasteiger partial charge in [0.1, 0.15) is 5.82 Å². The molecular weight excluding hydrogens is 156 g/mol. The van der Waals surface area contributed by atoms with Crippen molar-refractivity contribution < 1.29 is 5.11 Å². The lowest BCUT2D eigenvalue weighted by Gasteiger charge is -1.95. The van der Waals surface area contributed by atoms with Gasteiger partial charge in [0.15, 0.2) is 0 Å². The number of hydrogen-bond donors (Lipinski definition) is 1. The van der Waals surface area contributed by atoms with Gasteiger partial charge >= 0.3 is 0 Å². The van der Waals surface area contributed by atoms with Gasteiger partial charge in [-0.1, -0.05) is 12.8 Å². The van der Waals surface area contributed by atoms with E-state index < -0.39 is 0 Å². The van der Waals surface area contributed by atoms with E-state index in [4.69, 9.17) is 0 Å². The van der Waals surface area contributed by atoms with Gasteiger partial charge in [0.25, 0.3) is 0 Å². The molecule has 0 aliphatic carbocycles. The Hall–Kier alpha value is -0.970. The molecule has 5 nitrogen and oxygen atoms in total. The molecule has 0 aliphatic rings. The number of aryl methyl sites for hydroxylation is 1. The number of rotatable bonds is 6. The van der Waals surface area contributed by atoms with Gasteiger partial charge in [-0.05, 0) is 23.3 Å². The maximum atomic E-state index is 10.1. The second-order valence-corrected chi connectivity index (χ2v) is 2.72. The highest BCUT2D eigenvalue weighted by Crippen LogP contribution is 2.02. The van der Waals surface area contributed by atoms with Crippen molar-refractivity contribution in [2.45, 2.75) is 32.1 Å². The Labute approximate surface area is 71.2 Å². The smallest absolute Gasteiger partial charge is 0.148 e. The van der Waals surface area contributed by atoms with Crippen LogP contribution in [0.2, 0.25) is 0 Å². The molecule has 1 N–H and O–H groups in total. The summed E-state index contributed by atoms with van der Waals surface area (Å²) in [5.74, 6) is 0.831. The largest absolute Gasteiger partial charge is 0.243 e. The van der Waals surface area contributed by atoms with E-state index in [1.807, 2.05) is 0 Å². The Balaban J connectivity index is 1.96. The van der Waals surface area contributed by atoms with Gasteiger partial charge in [-0.15, -0.1) is 5.10 Å². The number of H-pyrrole nitrogens is 1. The number of nitrogens with zero attached hydrogens (tertiary/aromatic N) is 3. The summed E-state index contributed by atoms with van der Waals surface area (Å²) in [7, 11) is 0. The summed E-state index contributed by atoms with van der Waals surface area (Å²) in [6.07, 6.45) is 4.82. The Bertz CT molecular complexity index is 187. The molecule has 0 atom stereocenters. The number of nitrogens with one attached hydrogen (secondary N) is 1. The van der Waals surface area contributed by atoms with E-state index in [1.165, 1.54) is 0 Å². The van der Waals surface area contributed by atoms with Crippen LogP contribution in [0.25, 0.3) is 0 Å². The maximum absolute atomic E-state index is 10.1. The van der Waals surface area contributed by atoms with Crippen molar-refractivity contribution in [1.82, 2.24) is 20.6 Å². The van der Waals surface area contributed by atoms with Crippen molar-refractivity contribution in [1.29, 1.82) is 0 Å². The summed E-state index contributed by atoms with van der Waals surface area (Å²) in [5, 5.41) is 23.5. The molecule has 0 unspecified atom stereocenters. The first-order valence-electron chi connectivity index (χ1n) is 4.24. The molecule has 67 valence electrons. The minimum atomic E-state index is 0.0455. The zero-order valence-corrected chi connectivity index (χ0v) is 6.99. The normalized spacial score (nSPS) is 10.4. The molecule has 0 bridgehead atoms. The third kappa shape index (κ3) is 3.43. The first kappa shape index (κ1) is 9.12. The van der Waals surface area contributed by atoms with Gasteiger partial charge in [0.2, 0.25) is 0 Å². The average Bonchev–Trinajstić information content (AvgIpc) is 2.57. The van der Waals surface area contributed by atoms with E-state index in [2.05, 4.69) is 20.6 Å². The maximum Gasteiger partial charge on any atom is 0.148 e. The van der Waals surface area contributed by atoms with E-state index >= 15 is 0 Å². The first-order chi connectivity index (χ1) is 5.93. The highest BCUT2D eigenvalue weighted by Gasteiger charge is 1.95. The minimum Gasteiger partial charge on any atom is -0.243 e. The summed E-state index contributed by atoms with van der Waals surface area (Å²) >= 11 is 0. The van der Waals surface area contributed by atoms with Crippen LogP contribution in [0.1, 0.15) is 31.5 Å². The highest BCUT2D eigenvalue weighted by atomic mass is 16.2. The van der Waals surface area contributed by atoms with Crippen molar-refractivity contribution in [3.8, 4) is 0 Å². The third-order valence-electron chi connectivity index (χ3n) is 1.70. The summed E-state index contributed by atoms with van der Waals surface area (Å²) in [4.78, 5) is 0. The second-order valence-electron chi connectivity index (χ2n) is 2.72. The number of hydrogen-bond acceptors (Lipinski definition) is 3. The Morgan fingerprint density at radius 2 is 2.00 bits per heavy atom. The van der Waals surface area contributed by atoms with Crippen molar-refractivity contribution >= 4 is 0 Å². The van der Waals surface area contributed by atoms with Crippen molar-refractivity contribution in [2.24, 2.45) is 0 Å². The molecule has 0 amide bonds. The van der Waals surface area contributed by atoms with E-state index in [9.17, 15) is 5.11 Å². The van der Waals surface area contributed by atoms with E-state index in [1.54, 1.807) is 0 Å². The standard InChI is InChI=1S/C7H13N4O/c12-6-4-2-1-3-5-7-8-10-11-9-7/h1-6H2,(H,8,9,10,11). The van der Waals surface area contributed by atoms with Gasteiger partial charge in [-0.3, -0.25) is 0 Å². The van der Waals surface area contributed by atoms with Gasteiger partial charge in [-0.25, -0.2) is 10.2 Å².